The van der Waals surface area contributed by atoms with Crippen molar-refractivity contribution in [1.29, 1.82) is 0 Å². The molecule has 5 nitrogen and oxygen atoms in total. The Hall–Kier alpha value is -1.17. The molecule has 2 aliphatic carbocycles. The molecular formula is C17H26N4OS. The molecular weight excluding hydrogens is 308 g/mol. The predicted molar refractivity (Wildman–Crippen MR) is 91.8 cm³/mol. The Morgan fingerprint density at radius 3 is 2.52 bits per heavy atom. The lowest BCUT2D eigenvalue weighted by Gasteiger charge is -2.35. The van der Waals surface area contributed by atoms with E-state index in [0.717, 1.165) is 50.4 Å². The summed E-state index contributed by atoms with van der Waals surface area (Å²) in [6.07, 6.45) is 8.31. The molecule has 0 radical (unpaired) electrons. The van der Waals surface area contributed by atoms with Crippen molar-refractivity contribution in [3.63, 3.8) is 0 Å². The molecule has 0 bridgehead atoms. The first-order valence-electron chi connectivity index (χ1n) is 9.04. The molecule has 1 aromatic heterocycles. The summed E-state index contributed by atoms with van der Waals surface area (Å²) in [5.74, 6) is 2.03. The van der Waals surface area contributed by atoms with Gasteiger partial charge in [-0.2, -0.15) is 0 Å². The molecule has 2 heterocycles. The van der Waals surface area contributed by atoms with Gasteiger partial charge in [0.15, 0.2) is 0 Å². The van der Waals surface area contributed by atoms with E-state index < -0.39 is 0 Å². The van der Waals surface area contributed by atoms with Crippen LogP contribution < -0.4 is 4.90 Å². The summed E-state index contributed by atoms with van der Waals surface area (Å²) in [5.41, 5.74) is 0. The van der Waals surface area contributed by atoms with E-state index in [2.05, 4.69) is 15.1 Å². The largest absolute Gasteiger partial charge is 0.347 e. The van der Waals surface area contributed by atoms with Crippen molar-refractivity contribution < 1.29 is 4.79 Å². The minimum Gasteiger partial charge on any atom is -0.347 e. The number of hydrogen-bond acceptors (Lipinski definition) is 5. The SMILES string of the molecule is CN(CC1CCN(c2nnc(C3CC3)s2)CC1)C(=O)C1CCC1. The molecule has 0 N–H and O–H groups in total. The number of nitrogens with zero attached hydrogens (tertiary/aromatic N) is 4. The molecule has 6 heteroatoms. The van der Waals surface area contributed by atoms with Crippen LogP contribution >= 0.6 is 11.3 Å². The Morgan fingerprint density at radius 1 is 1.17 bits per heavy atom. The van der Waals surface area contributed by atoms with Crippen molar-refractivity contribution in [2.24, 2.45) is 11.8 Å². The number of anilines is 1. The van der Waals surface area contributed by atoms with E-state index in [9.17, 15) is 4.79 Å². The van der Waals surface area contributed by atoms with Gasteiger partial charge in [0.25, 0.3) is 0 Å². The Bertz CT molecular complexity index is 559. The Balaban J connectivity index is 1.25. The van der Waals surface area contributed by atoms with E-state index in [4.69, 9.17) is 0 Å². The van der Waals surface area contributed by atoms with Crippen LogP contribution in [0.1, 0.15) is 55.9 Å². The number of carbonyl (C=O) groups is 1. The van der Waals surface area contributed by atoms with Crippen molar-refractivity contribution in [2.45, 2.75) is 50.9 Å². The van der Waals surface area contributed by atoms with Crippen molar-refractivity contribution in [2.75, 3.05) is 31.6 Å². The number of piperidine rings is 1. The molecule has 1 saturated heterocycles. The van der Waals surface area contributed by atoms with Gasteiger partial charge in [0.05, 0.1) is 0 Å². The lowest BCUT2D eigenvalue weighted by Crippen LogP contribution is -2.42. The second-order valence-electron chi connectivity index (χ2n) is 7.47. The maximum absolute atomic E-state index is 12.3. The van der Waals surface area contributed by atoms with Crippen LogP contribution in [0.3, 0.4) is 0 Å². The Kier molecular flexibility index (Phi) is 4.26. The fraction of sp³-hybridized carbons (Fsp3) is 0.824. The molecule has 3 aliphatic rings. The van der Waals surface area contributed by atoms with Gasteiger partial charge >= 0.3 is 0 Å². The first-order valence-corrected chi connectivity index (χ1v) is 9.85. The van der Waals surface area contributed by atoms with Gasteiger partial charge in [-0.3, -0.25) is 4.79 Å². The minimum atomic E-state index is 0.322. The highest BCUT2D eigenvalue weighted by Gasteiger charge is 2.31. The van der Waals surface area contributed by atoms with Crippen LogP contribution in [0.4, 0.5) is 5.13 Å². The lowest BCUT2D eigenvalue weighted by atomic mass is 9.84. The van der Waals surface area contributed by atoms with Crippen LogP contribution in [0.15, 0.2) is 0 Å². The third kappa shape index (κ3) is 3.37. The molecule has 126 valence electrons. The second-order valence-corrected chi connectivity index (χ2v) is 8.46. The number of hydrogen-bond donors (Lipinski definition) is 0. The van der Waals surface area contributed by atoms with Gasteiger partial charge in [0.1, 0.15) is 5.01 Å². The number of rotatable bonds is 5. The van der Waals surface area contributed by atoms with Crippen molar-refractivity contribution in [3.05, 3.63) is 5.01 Å². The third-order valence-corrected chi connectivity index (χ3v) is 6.75. The van der Waals surface area contributed by atoms with Crippen molar-refractivity contribution >= 4 is 22.4 Å². The van der Waals surface area contributed by atoms with Crippen LogP contribution in [0.5, 0.6) is 0 Å². The van der Waals surface area contributed by atoms with E-state index in [1.807, 2.05) is 11.9 Å². The van der Waals surface area contributed by atoms with E-state index in [-0.39, 0.29) is 0 Å². The van der Waals surface area contributed by atoms with Crippen molar-refractivity contribution in [1.82, 2.24) is 15.1 Å². The molecule has 23 heavy (non-hydrogen) atoms. The topological polar surface area (TPSA) is 49.3 Å². The third-order valence-electron chi connectivity index (χ3n) is 5.60. The zero-order valence-corrected chi connectivity index (χ0v) is 14.7. The molecule has 0 spiro atoms. The summed E-state index contributed by atoms with van der Waals surface area (Å²) in [5, 5.41) is 11.1. The average molecular weight is 334 g/mol. The Morgan fingerprint density at radius 2 is 1.91 bits per heavy atom. The van der Waals surface area contributed by atoms with Crippen molar-refractivity contribution in [3.8, 4) is 0 Å². The average Bonchev–Trinajstić information content (AvgIpc) is 3.24. The summed E-state index contributed by atoms with van der Waals surface area (Å²) in [4.78, 5) is 16.6. The van der Waals surface area contributed by atoms with Crippen LogP contribution in [-0.2, 0) is 4.79 Å². The standard InChI is InChI=1S/C17H26N4OS/c1-20(16(22)14-3-2-4-14)11-12-7-9-21(10-8-12)17-19-18-15(23-17)13-5-6-13/h12-14H,2-11H2,1H3. The molecule has 0 aromatic carbocycles. The van der Waals surface area contributed by atoms with Gasteiger partial charge in [-0.1, -0.05) is 17.8 Å². The van der Waals surface area contributed by atoms with Gasteiger partial charge in [-0.15, -0.1) is 10.2 Å². The Labute approximate surface area is 142 Å². The molecule has 0 unspecified atom stereocenters. The number of amides is 1. The van der Waals surface area contributed by atoms with E-state index in [1.165, 1.54) is 24.3 Å². The van der Waals surface area contributed by atoms with Gasteiger partial charge in [-0.05, 0) is 44.4 Å². The van der Waals surface area contributed by atoms with Crippen LogP contribution in [0.2, 0.25) is 0 Å². The van der Waals surface area contributed by atoms with Gasteiger partial charge in [0, 0.05) is 38.5 Å². The minimum absolute atomic E-state index is 0.322. The first-order chi connectivity index (χ1) is 11.2. The maximum Gasteiger partial charge on any atom is 0.225 e. The zero-order valence-electron chi connectivity index (χ0n) is 13.9. The molecule has 1 amide bonds. The van der Waals surface area contributed by atoms with Crippen LogP contribution in [0, 0.1) is 11.8 Å². The quantitative estimate of drug-likeness (QED) is 0.831. The van der Waals surface area contributed by atoms with Gasteiger partial charge < -0.3 is 9.80 Å². The van der Waals surface area contributed by atoms with Gasteiger partial charge in [0.2, 0.25) is 11.0 Å². The van der Waals surface area contributed by atoms with Gasteiger partial charge in [-0.25, -0.2) is 0 Å². The van der Waals surface area contributed by atoms with Crippen LogP contribution in [-0.4, -0.2) is 47.7 Å². The summed E-state index contributed by atoms with van der Waals surface area (Å²) in [6, 6.07) is 0. The monoisotopic (exact) mass is 334 g/mol. The zero-order chi connectivity index (χ0) is 15.8. The smallest absolute Gasteiger partial charge is 0.225 e. The molecule has 4 rings (SSSR count). The van der Waals surface area contributed by atoms with E-state index in [1.54, 1.807) is 11.3 Å². The highest BCUT2D eigenvalue weighted by Crippen LogP contribution is 2.43. The van der Waals surface area contributed by atoms with Crippen LogP contribution in [0.25, 0.3) is 0 Å². The lowest BCUT2D eigenvalue weighted by molar-refractivity contribution is -0.137. The normalized spacial score (nSPS) is 22.9. The maximum atomic E-state index is 12.3. The molecule has 3 fully saturated rings. The fourth-order valence-electron chi connectivity index (χ4n) is 3.60. The second kappa shape index (κ2) is 6.38. The summed E-state index contributed by atoms with van der Waals surface area (Å²) in [6.45, 7) is 3.03. The molecule has 2 saturated carbocycles. The summed E-state index contributed by atoms with van der Waals surface area (Å²) in [7, 11) is 1.99. The molecule has 0 atom stereocenters. The summed E-state index contributed by atoms with van der Waals surface area (Å²) < 4.78 is 0. The predicted octanol–water partition coefficient (Wildman–Crippen LogP) is 2.89. The van der Waals surface area contributed by atoms with E-state index >= 15 is 0 Å². The fourth-order valence-corrected chi connectivity index (χ4v) is 4.66. The highest BCUT2D eigenvalue weighted by atomic mass is 32.1. The first kappa shape index (κ1) is 15.4. The number of aromatic nitrogens is 2. The summed E-state index contributed by atoms with van der Waals surface area (Å²) >= 11 is 1.78. The molecule has 1 aromatic rings. The molecule has 1 aliphatic heterocycles. The van der Waals surface area contributed by atoms with E-state index in [0.29, 0.717) is 23.7 Å². The number of carbonyl (C=O) groups excluding carboxylic acids is 1. The highest BCUT2D eigenvalue weighted by molar-refractivity contribution is 7.15.